The summed E-state index contributed by atoms with van der Waals surface area (Å²) in [6.45, 7) is 7.74. The Labute approximate surface area is 328 Å². The topological polar surface area (TPSA) is 36.9 Å². The highest BCUT2D eigenvalue weighted by atomic mass is 16.5. The van der Waals surface area contributed by atoms with Crippen LogP contribution in [0.15, 0.2) is 133 Å². The molecule has 2 atom stereocenters. The molecule has 0 amide bonds. The van der Waals surface area contributed by atoms with E-state index in [0.29, 0.717) is 39.6 Å². The van der Waals surface area contributed by atoms with Crippen LogP contribution in [0.5, 0.6) is 0 Å². The Morgan fingerprint density at radius 3 is 1.00 bits per heavy atom. The fourth-order valence-electron chi connectivity index (χ4n) is 9.97. The molecule has 4 heteroatoms. The van der Waals surface area contributed by atoms with Crippen molar-refractivity contribution >= 4 is 0 Å². The Balaban J connectivity index is 1.21. The number of benzene rings is 7. The smallest absolute Gasteiger partial charge is 0.0813 e. The van der Waals surface area contributed by atoms with Crippen molar-refractivity contribution in [2.45, 2.75) is 65.7 Å². The van der Waals surface area contributed by atoms with E-state index in [1.54, 1.807) is 0 Å². The van der Waals surface area contributed by atoms with Gasteiger partial charge in [0.15, 0.2) is 0 Å². The standard InChI is InChI=1S/C52H42O4/c1-31-45-49(35-19-11-5-12-20-35)47(33-15-7-3-8-16-33)41-27-53-29-43(41)51(45)39-24-38-26-56-32(2)46-50(36-21-13-6-14-22-36)48(34-17-9-4-10-18-34)42-28-54-30-44(42)52(46)40(38)23-37(39)25-55-31/h3-24,31-32H,25-30H2,1-2H3/t31-,32-/m0/s1. The first-order valence-corrected chi connectivity index (χ1v) is 19.9. The van der Waals surface area contributed by atoms with E-state index in [-0.39, 0.29) is 12.2 Å². The maximum Gasteiger partial charge on any atom is 0.0813 e. The Kier molecular flexibility index (Phi) is 8.15. The lowest BCUT2D eigenvalue weighted by atomic mass is 9.76. The second-order valence-electron chi connectivity index (χ2n) is 15.5. The molecule has 4 aliphatic heterocycles. The molecule has 0 aliphatic carbocycles. The molecule has 0 spiro atoms. The minimum atomic E-state index is -0.153. The zero-order valence-corrected chi connectivity index (χ0v) is 31.7. The van der Waals surface area contributed by atoms with E-state index in [2.05, 4.69) is 147 Å². The van der Waals surface area contributed by atoms with Gasteiger partial charge in [-0.05, 0) is 137 Å². The molecule has 4 heterocycles. The highest BCUT2D eigenvalue weighted by Crippen LogP contribution is 2.56. The van der Waals surface area contributed by atoms with E-state index in [0.717, 1.165) is 0 Å². The Morgan fingerprint density at radius 1 is 0.357 bits per heavy atom. The summed E-state index contributed by atoms with van der Waals surface area (Å²) < 4.78 is 26.7. The van der Waals surface area contributed by atoms with Crippen LogP contribution in [0.2, 0.25) is 0 Å². The summed E-state index contributed by atoms with van der Waals surface area (Å²) in [5.74, 6) is 0. The van der Waals surface area contributed by atoms with Crippen molar-refractivity contribution in [1.29, 1.82) is 0 Å². The summed E-state index contributed by atoms with van der Waals surface area (Å²) in [6.07, 6.45) is -0.305. The molecule has 0 aromatic heterocycles. The van der Waals surface area contributed by atoms with E-state index < -0.39 is 0 Å². The third kappa shape index (κ3) is 5.21. The van der Waals surface area contributed by atoms with Crippen molar-refractivity contribution in [1.82, 2.24) is 0 Å². The van der Waals surface area contributed by atoms with Gasteiger partial charge in [0, 0.05) is 0 Å². The molecule has 4 nitrogen and oxygen atoms in total. The van der Waals surface area contributed by atoms with Crippen molar-refractivity contribution < 1.29 is 18.9 Å². The molecule has 0 radical (unpaired) electrons. The zero-order valence-electron chi connectivity index (χ0n) is 31.7. The minimum absolute atomic E-state index is 0.153. The van der Waals surface area contributed by atoms with Crippen molar-refractivity contribution in [3.63, 3.8) is 0 Å². The van der Waals surface area contributed by atoms with E-state index >= 15 is 0 Å². The Hall–Kier alpha value is -5.62. The Morgan fingerprint density at radius 2 is 0.661 bits per heavy atom. The van der Waals surface area contributed by atoms with Gasteiger partial charge < -0.3 is 18.9 Å². The largest absolute Gasteiger partial charge is 0.372 e. The van der Waals surface area contributed by atoms with Crippen LogP contribution in [0.25, 0.3) is 66.8 Å². The fraction of sp³-hybridized carbons (Fsp3) is 0.192. The molecule has 4 aliphatic rings. The second-order valence-corrected chi connectivity index (χ2v) is 15.5. The van der Waals surface area contributed by atoms with Crippen molar-refractivity contribution in [3.8, 4) is 66.8 Å². The summed E-state index contributed by atoms with van der Waals surface area (Å²) in [5, 5.41) is 0. The highest BCUT2D eigenvalue weighted by molar-refractivity contribution is 5.99. The lowest BCUT2D eigenvalue weighted by Gasteiger charge is -2.27. The third-order valence-electron chi connectivity index (χ3n) is 12.4. The maximum atomic E-state index is 6.97. The van der Waals surface area contributed by atoms with E-state index in [1.165, 1.54) is 111 Å². The molecular weight excluding hydrogens is 689 g/mol. The first kappa shape index (κ1) is 33.7. The number of ether oxygens (including phenoxy) is 4. The van der Waals surface area contributed by atoms with Crippen LogP contribution < -0.4 is 0 Å². The summed E-state index contributed by atoms with van der Waals surface area (Å²) in [4.78, 5) is 0. The molecular formula is C52H42O4. The Bertz CT molecular complexity index is 2460. The van der Waals surface area contributed by atoms with Gasteiger partial charge in [0.1, 0.15) is 0 Å². The van der Waals surface area contributed by atoms with E-state index in [1.807, 2.05) is 0 Å². The van der Waals surface area contributed by atoms with Crippen molar-refractivity contribution in [2.24, 2.45) is 0 Å². The van der Waals surface area contributed by atoms with Gasteiger partial charge in [-0.1, -0.05) is 121 Å². The summed E-state index contributed by atoms with van der Waals surface area (Å²) in [6, 6.07) is 48.2. The lowest BCUT2D eigenvalue weighted by molar-refractivity contribution is 0.0544. The predicted octanol–water partition coefficient (Wildman–Crippen LogP) is 12.9. The second kappa shape index (κ2) is 13.5. The first-order valence-electron chi connectivity index (χ1n) is 19.9. The molecule has 0 N–H and O–H groups in total. The quantitative estimate of drug-likeness (QED) is 0.181. The molecule has 274 valence electrons. The van der Waals surface area contributed by atoms with Gasteiger partial charge in [-0.25, -0.2) is 0 Å². The predicted molar refractivity (Wildman–Crippen MR) is 222 cm³/mol. The molecule has 56 heavy (non-hydrogen) atoms. The van der Waals surface area contributed by atoms with Crippen molar-refractivity contribution in [3.05, 3.63) is 178 Å². The van der Waals surface area contributed by atoms with Gasteiger partial charge in [0.25, 0.3) is 0 Å². The van der Waals surface area contributed by atoms with Crippen LogP contribution in [0.4, 0.5) is 0 Å². The number of rotatable bonds is 4. The van der Waals surface area contributed by atoms with Crippen LogP contribution in [0.3, 0.4) is 0 Å². The minimum Gasteiger partial charge on any atom is -0.372 e. The summed E-state index contributed by atoms with van der Waals surface area (Å²) in [5.41, 5.74) is 24.6. The lowest BCUT2D eigenvalue weighted by Crippen LogP contribution is -2.07. The number of hydrogen-bond donors (Lipinski definition) is 0. The highest BCUT2D eigenvalue weighted by Gasteiger charge is 2.37. The van der Waals surface area contributed by atoms with Gasteiger partial charge >= 0.3 is 0 Å². The molecule has 7 aromatic rings. The van der Waals surface area contributed by atoms with Gasteiger partial charge in [-0.2, -0.15) is 0 Å². The van der Waals surface area contributed by atoms with Crippen LogP contribution >= 0.6 is 0 Å². The van der Waals surface area contributed by atoms with Crippen LogP contribution in [0.1, 0.15) is 70.6 Å². The van der Waals surface area contributed by atoms with E-state index in [9.17, 15) is 0 Å². The molecule has 7 aromatic carbocycles. The van der Waals surface area contributed by atoms with Crippen LogP contribution in [-0.2, 0) is 58.6 Å². The molecule has 0 saturated carbocycles. The van der Waals surface area contributed by atoms with Crippen LogP contribution in [0, 0.1) is 0 Å². The molecule has 0 unspecified atom stereocenters. The maximum absolute atomic E-state index is 6.97. The third-order valence-corrected chi connectivity index (χ3v) is 12.4. The van der Waals surface area contributed by atoms with Gasteiger partial charge in [0.05, 0.1) is 51.8 Å². The average Bonchev–Trinajstić information content (AvgIpc) is 3.89. The van der Waals surface area contributed by atoms with Crippen LogP contribution in [-0.4, -0.2) is 0 Å². The van der Waals surface area contributed by atoms with Gasteiger partial charge in [-0.3, -0.25) is 0 Å². The molecule has 0 saturated heterocycles. The zero-order chi connectivity index (χ0) is 37.3. The van der Waals surface area contributed by atoms with Gasteiger partial charge in [-0.15, -0.1) is 0 Å². The normalized spacial score (nSPS) is 17.8. The summed E-state index contributed by atoms with van der Waals surface area (Å²) in [7, 11) is 0. The fourth-order valence-corrected chi connectivity index (χ4v) is 9.97. The van der Waals surface area contributed by atoms with E-state index in [4.69, 9.17) is 18.9 Å². The average molecular weight is 731 g/mol. The molecule has 0 bridgehead atoms. The molecule has 11 rings (SSSR count). The van der Waals surface area contributed by atoms with Gasteiger partial charge in [0.2, 0.25) is 0 Å². The van der Waals surface area contributed by atoms with Crippen molar-refractivity contribution in [2.75, 3.05) is 0 Å². The number of hydrogen-bond acceptors (Lipinski definition) is 4. The monoisotopic (exact) mass is 730 g/mol. The number of fused-ring (bicyclic) bond motifs is 10. The first-order chi connectivity index (χ1) is 27.7. The SMILES string of the molecule is C[C@@H]1OCc2cc3c(cc2-c2c4c(c(-c5ccccc5)c(-c5ccccc5)c21)COC4)CO[C@@H](C)c1c-3c2c(c(-c3ccccc3)c1-c1ccccc1)COC2. The molecule has 0 fully saturated rings. The summed E-state index contributed by atoms with van der Waals surface area (Å²) >= 11 is 0.